The monoisotopic (exact) mass is 541 g/mol. The van der Waals surface area contributed by atoms with Crippen molar-refractivity contribution in [3.8, 4) is 17.0 Å². The Hall–Kier alpha value is -3.34. The maximum atomic E-state index is 14.9. The Morgan fingerprint density at radius 3 is 2.79 bits per heavy atom. The van der Waals surface area contributed by atoms with Crippen LogP contribution in [0.4, 0.5) is 10.1 Å². The second kappa shape index (κ2) is 11.2. The average Bonchev–Trinajstić information content (AvgIpc) is 2.86. The summed E-state index contributed by atoms with van der Waals surface area (Å²) < 4.78 is 26.0. The maximum Gasteiger partial charge on any atom is 0.264 e. The van der Waals surface area contributed by atoms with E-state index in [0.29, 0.717) is 29.8 Å². The third-order valence-corrected chi connectivity index (χ3v) is 7.29. The van der Waals surface area contributed by atoms with E-state index in [1.807, 2.05) is 6.92 Å². The van der Waals surface area contributed by atoms with Crippen LogP contribution in [0, 0.1) is 5.82 Å². The number of hydrogen-bond acceptors (Lipinski definition) is 7. The molecule has 2 aromatic heterocycles. The van der Waals surface area contributed by atoms with E-state index in [4.69, 9.17) is 21.1 Å². The number of benzene rings is 1. The zero-order valence-corrected chi connectivity index (χ0v) is 21.8. The maximum absolute atomic E-state index is 14.9. The van der Waals surface area contributed by atoms with Crippen LogP contribution in [-0.2, 0) is 16.0 Å². The van der Waals surface area contributed by atoms with Crippen molar-refractivity contribution in [2.24, 2.45) is 0 Å². The molecule has 0 saturated heterocycles. The van der Waals surface area contributed by atoms with Crippen molar-refractivity contribution in [1.82, 2.24) is 20.5 Å². The highest BCUT2D eigenvalue weighted by molar-refractivity contribution is 6.33. The Bertz CT molecular complexity index is 1380. The molecule has 5 rings (SSSR count). The molecule has 3 N–H and O–H groups in total. The molecular weight excluding hydrogens is 513 g/mol. The van der Waals surface area contributed by atoms with E-state index < -0.39 is 5.82 Å². The first kappa shape index (κ1) is 26.3. The van der Waals surface area contributed by atoms with Gasteiger partial charge in [0.25, 0.3) is 5.56 Å². The van der Waals surface area contributed by atoms with Crippen molar-refractivity contribution >= 4 is 23.2 Å². The standard InChI is InChI=1S/C27H29ClFN5O4/c1-14-7-16-8-25(36)33-34-27(16)22(31-14)4-5-24(35)32-23-12-20(28)19(11-21(23)29)15-3-6-26(30-13-15)38-18-9-17(10-18)37-2/h3,6,8,11-14,17-18,22,31H,4-5,7,9-10H2,1-2H3,(H,32,35)(H,33,36). The zero-order valence-electron chi connectivity index (χ0n) is 21.1. The first-order valence-corrected chi connectivity index (χ1v) is 13.0. The molecule has 9 nitrogen and oxygen atoms in total. The highest BCUT2D eigenvalue weighted by atomic mass is 35.5. The van der Waals surface area contributed by atoms with Gasteiger partial charge in [0.1, 0.15) is 11.9 Å². The SMILES string of the molecule is COC1CC(Oc2ccc(-c3cc(F)c(NC(=O)CCC4NC(C)Cc5cc(=O)[nH]nc54)cc3Cl)cn2)C1. The predicted molar refractivity (Wildman–Crippen MR) is 141 cm³/mol. The Morgan fingerprint density at radius 2 is 2.05 bits per heavy atom. The third kappa shape index (κ3) is 5.87. The molecule has 1 aliphatic heterocycles. The molecule has 0 spiro atoms. The van der Waals surface area contributed by atoms with Crippen molar-refractivity contribution in [3.63, 3.8) is 0 Å². The molecule has 3 aromatic rings. The van der Waals surface area contributed by atoms with Crippen molar-refractivity contribution in [3.05, 3.63) is 69.0 Å². The van der Waals surface area contributed by atoms with E-state index in [1.165, 1.54) is 12.1 Å². The van der Waals surface area contributed by atoms with Gasteiger partial charge in [-0.05, 0) is 43.5 Å². The number of pyridine rings is 1. The molecule has 1 aromatic carbocycles. The zero-order chi connectivity index (χ0) is 26.8. The Balaban J connectivity index is 1.20. The number of carbonyl (C=O) groups excluding carboxylic acids is 1. The second-order valence-corrected chi connectivity index (χ2v) is 10.2. The van der Waals surface area contributed by atoms with Crippen molar-refractivity contribution in [2.45, 2.75) is 63.3 Å². The van der Waals surface area contributed by atoms with Gasteiger partial charge in [0.2, 0.25) is 11.8 Å². The van der Waals surface area contributed by atoms with Crippen LogP contribution >= 0.6 is 11.6 Å². The number of rotatable bonds is 8. The molecule has 11 heteroatoms. The second-order valence-electron chi connectivity index (χ2n) is 9.82. The van der Waals surface area contributed by atoms with E-state index in [1.54, 1.807) is 31.5 Å². The number of aromatic nitrogens is 3. The minimum absolute atomic E-state index is 0.00201. The van der Waals surface area contributed by atoms with Gasteiger partial charge in [0.05, 0.1) is 28.5 Å². The summed E-state index contributed by atoms with van der Waals surface area (Å²) in [4.78, 5) is 28.6. The summed E-state index contributed by atoms with van der Waals surface area (Å²) in [6, 6.07) is 7.67. The van der Waals surface area contributed by atoms with Gasteiger partial charge in [-0.1, -0.05) is 11.6 Å². The predicted octanol–water partition coefficient (Wildman–Crippen LogP) is 4.17. The number of nitrogens with one attached hydrogen (secondary N) is 3. The lowest BCUT2D eigenvalue weighted by Crippen LogP contribution is -2.39. The summed E-state index contributed by atoms with van der Waals surface area (Å²) in [6.07, 6.45) is 4.78. The molecule has 0 bridgehead atoms. The summed E-state index contributed by atoms with van der Waals surface area (Å²) in [6.45, 7) is 2.01. The minimum Gasteiger partial charge on any atom is -0.474 e. The molecule has 3 heterocycles. The molecular formula is C27H29ClFN5O4. The molecule has 1 saturated carbocycles. The van der Waals surface area contributed by atoms with E-state index in [0.717, 1.165) is 24.1 Å². The topological polar surface area (TPSA) is 118 Å². The summed E-state index contributed by atoms with van der Waals surface area (Å²) in [5.74, 6) is -0.472. The highest BCUT2D eigenvalue weighted by Gasteiger charge is 2.31. The van der Waals surface area contributed by atoms with Crippen molar-refractivity contribution in [2.75, 3.05) is 12.4 Å². The molecule has 2 unspecified atom stereocenters. The lowest BCUT2D eigenvalue weighted by molar-refractivity contribution is -0.116. The highest BCUT2D eigenvalue weighted by Crippen LogP contribution is 2.34. The van der Waals surface area contributed by atoms with E-state index in [2.05, 4.69) is 25.8 Å². The summed E-state index contributed by atoms with van der Waals surface area (Å²) in [5, 5.41) is 12.9. The van der Waals surface area contributed by atoms with Gasteiger partial charge in [0, 0.05) is 61.9 Å². The van der Waals surface area contributed by atoms with Crippen LogP contribution in [0.25, 0.3) is 11.1 Å². The Kier molecular flexibility index (Phi) is 7.73. The number of methoxy groups -OCH3 is 1. The smallest absolute Gasteiger partial charge is 0.264 e. The summed E-state index contributed by atoms with van der Waals surface area (Å²) in [7, 11) is 1.69. The first-order valence-electron chi connectivity index (χ1n) is 12.6. The van der Waals surface area contributed by atoms with Gasteiger partial charge in [-0.2, -0.15) is 5.10 Å². The molecule has 1 aliphatic carbocycles. The van der Waals surface area contributed by atoms with Crippen LogP contribution in [-0.4, -0.2) is 46.4 Å². The number of fused-ring (bicyclic) bond motifs is 1. The fourth-order valence-electron chi connectivity index (χ4n) is 4.89. The fourth-order valence-corrected chi connectivity index (χ4v) is 5.16. The molecule has 2 atom stereocenters. The van der Waals surface area contributed by atoms with Gasteiger partial charge in [-0.15, -0.1) is 0 Å². The number of carbonyl (C=O) groups is 1. The number of ether oxygens (including phenoxy) is 2. The molecule has 200 valence electrons. The summed E-state index contributed by atoms with van der Waals surface area (Å²) >= 11 is 6.45. The molecule has 38 heavy (non-hydrogen) atoms. The van der Waals surface area contributed by atoms with Gasteiger partial charge in [0.15, 0.2) is 0 Å². The van der Waals surface area contributed by atoms with E-state index >= 15 is 0 Å². The first-order chi connectivity index (χ1) is 18.3. The number of aromatic amines is 1. The van der Waals surface area contributed by atoms with Gasteiger partial charge in [-0.3, -0.25) is 9.59 Å². The lowest BCUT2D eigenvalue weighted by atomic mass is 9.92. The van der Waals surface area contributed by atoms with Gasteiger partial charge < -0.3 is 20.1 Å². The number of nitrogens with zero attached hydrogens (tertiary/aromatic N) is 2. The van der Waals surface area contributed by atoms with Crippen LogP contribution in [0.5, 0.6) is 5.88 Å². The Morgan fingerprint density at radius 1 is 1.24 bits per heavy atom. The van der Waals surface area contributed by atoms with Gasteiger partial charge >= 0.3 is 0 Å². The minimum atomic E-state index is -0.604. The summed E-state index contributed by atoms with van der Waals surface area (Å²) in [5.41, 5.74) is 2.44. The van der Waals surface area contributed by atoms with Crippen molar-refractivity contribution in [1.29, 1.82) is 0 Å². The van der Waals surface area contributed by atoms with Gasteiger partial charge in [-0.25, -0.2) is 14.5 Å². The average molecular weight is 542 g/mol. The number of anilines is 1. The fraction of sp³-hybridized carbons (Fsp3) is 0.407. The van der Waals surface area contributed by atoms with Crippen LogP contribution in [0.2, 0.25) is 5.02 Å². The quantitative estimate of drug-likeness (QED) is 0.391. The molecule has 2 aliphatic rings. The third-order valence-electron chi connectivity index (χ3n) is 6.97. The number of halogens is 2. The number of amides is 1. The largest absolute Gasteiger partial charge is 0.474 e. The van der Waals surface area contributed by atoms with Crippen LogP contribution in [0.1, 0.15) is 49.9 Å². The number of H-pyrrole nitrogens is 1. The van der Waals surface area contributed by atoms with E-state index in [9.17, 15) is 14.0 Å². The molecule has 0 radical (unpaired) electrons. The van der Waals surface area contributed by atoms with E-state index in [-0.39, 0.29) is 52.9 Å². The molecule has 1 amide bonds. The Labute approximate surface area is 224 Å². The van der Waals surface area contributed by atoms with Crippen LogP contribution in [0.3, 0.4) is 0 Å². The van der Waals surface area contributed by atoms with Crippen molar-refractivity contribution < 1.29 is 18.7 Å². The molecule has 1 fully saturated rings. The number of hydrogen-bond donors (Lipinski definition) is 3. The lowest BCUT2D eigenvalue weighted by Gasteiger charge is -2.33. The van der Waals surface area contributed by atoms with Crippen LogP contribution < -0.4 is 20.9 Å². The van der Waals surface area contributed by atoms with Crippen LogP contribution in [0.15, 0.2) is 41.3 Å². The normalized spacial score (nSPS) is 22.3.